The second kappa shape index (κ2) is 10.9. The fourth-order valence-corrected chi connectivity index (χ4v) is 4.64. The Morgan fingerprint density at radius 3 is 2.11 bits per heavy atom. The van der Waals surface area contributed by atoms with E-state index in [0.29, 0.717) is 13.2 Å². The Kier molecular flexibility index (Phi) is 11.0. The van der Waals surface area contributed by atoms with Crippen LogP contribution in [-0.4, -0.2) is 41.2 Å². The fraction of sp³-hybridized carbons (Fsp3) is 1.00. The molecular formula is C13H31NO3Si. The minimum Gasteiger partial charge on any atom is -0.374 e. The molecule has 4 nitrogen and oxygen atoms in total. The second-order valence-corrected chi connectivity index (χ2v) is 7.02. The minimum atomic E-state index is -2.47. The summed E-state index contributed by atoms with van der Waals surface area (Å²) in [6.07, 6.45) is 2.23. The lowest BCUT2D eigenvalue weighted by Crippen LogP contribution is -2.48. The van der Waals surface area contributed by atoms with Crippen molar-refractivity contribution in [1.82, 2.24) is 5.32 Å². The number of nitrogens with one attached hydrogen (secondary N) is 1. The summed E-state index contributed by atoms with van der Waals surface area (Å²) in [5.41, 5.74) is 0. The third kappa shape index (κ3) is 7.48. The zero-order valence-corrected chi connectivity index (χ0v) is 13.8. The molecule has 0 aromatic rings. The molecule has 110 valence electrons. The van der Waals surface area contributed by atoms with Gasteiger partial charge in [-0.2, -0.15) is 0 Å². The molecule has 1 unspecified atom stereocenters. The van der Waals surface area contributed by atoms with Gasteiger partial charge in [0.25, 0.3) is 0 Å². The normalized spacial score (nSPS) is 13.8. The average molecular weight is 277 g/mol. The van der Waals surface area contributed by atoms with Gasteiger partial charge in [-0.3, -0.25) is 0 Å². The molecule has 0 aromatic carbocycles. The van der Waals surface area contributed by atoms with Crippen LogP contribution in [0.1, 0.15) is 47.5 Å². The summed E-state index contributed by atoms with van der Waals surface area (Å²) in [7, 11) is -2.47. The minimum absolute atomic E-state index is 0.203. The first-order valence-corrected chi connectivity index (χ1v) is 9.23. The van der Waals surface area contributed by atoms with Gasteiger partial charge in [0, 0.05) is 25.4 Å². The summed E-state index contributed by atoms with van der Waals surface area (Å²) in [4.78, 5) is 0. The first kappa shape index (κ1) is 18.1. The highest BCUT2D eigenvalue weighted by molar-refractivity contribution is 6.60. The maximum atomic E-state index is 6.11. The maximum Gasteiger partial charge on any atom is 0.501 e. The third-order valence-electron chi connectivity index (χ3n) is 2.77. The van der Waals surface area contributed by atoms with Gasteiger partial charge in [-0.1, -0.05) is 13.8 Å². The summed E-state index contributed by atoms with van der Waals surface area (Å²) < 4.78 is 17.9. The topological polar surface area (TPSA) is 39.7 Å². The highest BCUT2D eigenvalue weighted by Gasteiger charge is 2.41. The Morgan fingerprint density at radius 2 is 1.67 bits per heavy atom. The summed E-state index contributed by atoms with van der Waals surface area (Å²) >= 11 is 0. The van der Waals surface area contributed by atoms with Crippen LogP contribution in [0.2, 0.25) is 6.04 Å². The Hall–Kier alpha value is 0.0569. The van der Waals surface area contributed by atoms with Crippen LogP contribution < -0.4 is 5.32 Å². The number of rotatable bonds is 12. The predicted molar refractivity (Wildman–Crippen MR) is 77.8 cm³/mol. The van der Waals surface area contributed by atoms with E-state index in [9.17, 15) is 0 Å². The Balaban J connectivity index is 4.41. The van der Waals surface area contributed by atoms with Gasteiger partial charge in [0.05, 0.1) is 0 Å². The molecule has 0 heterocycles. The van der Waals surface area contributed by atoms with Crippen LogP contribution in [0.3, 0.4) is 0 Å². The molecule has 0 aliphatic carbocycles. The first-order chi connectivity index (χ1) is 8.64. The molecule has 1 N–H and O–H groups in total. The van der Waals surface area contributed by atoms with E-state index in [1.165, 1.54) is 0 Å². The largest absolute Gasteiger partial charge is 0.501 e. The van der Waals surface area contributed by atoms with Crippen molar-refractivity contribution in [3.63, 3.8) is 0 Å². The Labute approximate surface area is 114 Å². The van der Waals surface area contributed by atoms with Crippen LogP contribution in [0.25, 0.3) is 0 Å². The highest BCUT2D eigenvalue weighted by Crippen LogP contribution is 2.20. The van der Waals surface area contributed by atoms with E-state index in [4.69, 9.17) is 13.3 Å². The van der Waals surface area contributed by atoms with Crippen LogP contribution in [0.5, 0.6) is 0 Å². The molecule has 0 amide bonds. The summed E-state index contributed by atoms with van der Waals surface area (Å²) in [6.45, 7) is 13.7. The molecule has 0 aliphatic heterocycles. The Morgan fingerprint density at radius 1 is 1.06 bits per heavy atom. The van der Waals surface area contributed by atoms with E-state index < -0.39 is 8.80 Å². The van der Waals surface area contributed by atoms with Crippen molar-refractivity contribution in [2.24, 2.45) is 0 Å². The lowest BCUT2D eigenvalue weighted by molar-refractivity contribution is 0.0368. The van der Waals surface area contributed by atoms with Gasteiger partial charge in [-0.05, 0) is 46.7 Å². The first-order valence-electron chi connectivity index (χ1n) is 7.30. The molecule has 1 atom stereocenters. The molecule has 0 radical (unpaired) electrons. The van der Waals surface area contributed by atoms with Crippen molar-refractivity contribution in [2.45, 2.75) is 59.6 Å². The quantitative estimate of drug-likeness (QED) is 0.440. The molecule has 5 heteroatoms. The second-order valence-electron chi connectivity index (χ2n) is 4.34. The molecule has 0 spiro atoms. The molecule has 18 heavy (non-hydrogen) atoms. The van der Waals surface area contributed by atoms with Gasteiger partial charge in [-0.25, -0.2) is 0 Å². The highest BCUT2D eigenvalue weighted by atomic mass is 28.4. The maximum absolute atomic E-state index is 6.11. The average Bonchev–Trinajstić information content (AvgIpc) is 2.35. The van der Waals surface area contributed by atoms with E-state index in [0.717, 1.165) is 32.0 Å². The lowest BCUT2D eigenvalue weighted by atomic mass is 10.3. The smallest absolute Gasteiger partial charge is 0.374 e. The van der Waals surface area contributed by atoms with Crippen molar-refractivity contribution in [3.05, 3.63) is 0 Å². The third-order valence-corrected chi connectivity index (χ3v) is 5.96. The molecule has 0 aromatic heterocycles. The van der Waals surface area contributed by atoms with Crippen molar-refractivity contribution in [2.75, 3.05) is 26.3 Å². The van der Waals surface area contributed by atoms with Gasteiger partial charge >= 0.3 is 8.80 Å². The van der Waals surface area contributed by atoms with Gasteiger partial charge in [0.2, 0.25) is 0 Å². The van der Waals surface area contributed by atoms with Crippen LogP contribution in [-0.2, 0) is 13.3 Å². The monoisotopic (exact) mass is 277 g/mol. The molecule has 0 aliphatic rings. The van der Waals surface area contributed by atoms with Crippen LogP contribution >= 0.6 is 0 Å². The SMILES string of the molecule is CCNCCC[Si](OCC)(OCC)OC(C)CC. The zero-order valence-electron chi connectivity index (χ0n) is 12.8. The molecule has 0 fully saturated rings. The lowest BCUT2D eigenvalue weighted by Gasteiger charge is -2.31. The summed E-state index contributed by atoms with van der Waals surface area (Å²) in [5, 5.41) is 3.33. The summed E-state index contributed by atoms with van der Waals surface area (Å²) in [6, 6.07) is 0.895. The standard InChI is InChI=1S/C13H31NO3Si/c1-6-13(5)17-18(15-8-3,16-9-4)12-10-11-14-7-2/h13-14H,6-12H2,1-5H3. The summed E-state index contributed by atoms with van der Waals surface area (Å²) in [5.74, 6) is 0. The van der Waals surface area contributed by atoms with Gasteiger partial charge in [0.1, 0.15) is 0 Å². The number of hydrogen-bond donors (Lipinski definition) is 1. The van der Waals surface area contributed by atoms with Gasteiger partial charge < -0.3 is 18.6 Å². The van der Waals surface area contributed by atoms with E-state index in [2.05, 4.69) is 26.1 Å². The van der Waals surface area contributed by atoms with E-state index in [1.54, 1.807) is 0 Å². The molecule has 0 rings (SSSR count). The van der Waals surface area contributed by atoms with Gasteiger partial charge in [0.15, 0.2) is 0 Å². The number of hydrogen-bond acceptors (Lipinski definition) is 4. The zero-order chi connectivity index (χ0) is 13.9. The van der Waals surface area contributed by atoms with Crippen LogP contribution in [0, 0.1) is 0 Å². The van der Waals surface area contributed by atoms with Crippen LogP contribution in [0.4, 0.5) is 0 Å². The van der Waals surface area contributed by atoms with E-state index in [-0.39, 0.29) is 6.10 Å². The molecular weight excluding hydrogens is 246 g/mol. The van der Waals surface area contributed by atoms with E-state index >= 15 is 0 Å². The molecule has 0 saturated heterocycles. The van der Waals surface area contributed by atoms with Crippen molar-refractivity contribution >= 4 is 8.80 Å². The van der Waals surface area contributed by atoms with Crippen LogP contribution in [0.15, 0.2) is 0 Å². The molecule has 0 bridgehead atoms. The van der Waals surface area contributed by atoms with E-state index in [1.807, 2.05) is 13.8 Å². The Bertz CT molecular complexity index is 187. The van der Waals surface area contributed by atoms with Crippen molar-refractivity contribution in [1.29, 1.82) is 0 Å². The van der Waals surface area contributed by atoms with Crippen molar-refractivity contribution < 1.29 is 13.3 Å². The predicted octanol–water partition coefficient (Wildman–Crippen LogP) is 2.81. The van der Waals surface area contributed by atoms with Gasteiger partial charge in [-0.15, -0.1) is 0 Å². The van der Waals surface area contributed by atoms with Crippen molar-refractivity contribution in [3.8, 4) is 0 Å². The fourth-order valence-electron chi connectivity index (χ4n) is 1.75. The molecule has 0 saturated carbocycles.